The lowest BCUT2D eigenvalue weighted by Gasteiger charge is -1.88. The van der Waals surface area contributed by atoms with Gasteiger partial charge >= 0.3 is 0 Å². The van der Waals surface area contributed by atoms with E-state index in [2.05, 4.69) is 0 Å². The second-order valence-corrected chi connectivity index (χ2v) is 2.92. The average Bonchev–Trinajstić information content (AvgIpc) is 1.59. The summed E-state index contributed by atoms with van der Waals surface area (Å²) in [4.78, 5) is 0. The topological polar surface area (TPSA) is 74.3 Å². The lowest BCUT2D eigenvalue weighted by molar-refractivity contribution is 0.193. The molecule has 0 aromatic carbocycles. The Morgan fingerprint density at radius 1 is 1.38 bits per heavy atom. The summed E-state index contributed by atoms with van der Waals surface area (Å²) in [6.07, 6.45) is -0.0150. The molecule has 0 rings (SSSR count). The van der Waals surface area contributed by atoms with Gasteiger partial charge in [-0.1, -0.05) is 0 Å². The Hall–Kier alpha value is -0.130. The van der Waals surface area contributed by atoms with Crippen molar-refractivity contribution >= 4 is 10.1 Å². The van der Waals surface area contributed by atoms with Crippen LogP contribution in [0.2, 0.25) is 0 Å². The van der Waals surface area contributed by atoms with Gasteiger partial charge in [0.05, 0.1) is 12.4 Å². The molecule has 0 saturated heterocycles. The number of hydrogen-bond acceptors (Lipinski definition) is 2. The summed E-state index contributed by atoms with van der Waals surface area (Å²) in [5, 5.41) is 9.60. The lowest BCUT2D eigenvalue weighted by atomic mass is 10.5. The van der Waals surface area contributed by atoms with Crippen molar-refractivity contribution in [1.82, 2.24) is 0 Å². The molecule has 0 bridgehead atoms. The zero-order valence-corrected chi connectivity index (χ0v) is 5.02. The Bertz CT molecular complexity index is 135. The monoisotopic (exact) mass is 139 g/mol. The second-order valence-electron chi connectivity index (χ2n) is 1.34. The van der Waals surface area contributed by atoms with Crippen LogP contribution in [-0.2, 0) is 15.2 Å². The molecule has 0 aromatic heterocycles. The van der Waals surface area contributed by atoms with Crippen LogP contribution in [0.5, 0.6) is 0 Å². The first-order valence-corrected chi connectivity index (χ1v) is 3.70. The van der Waals surface area contributed by atoms with E-state index in [-0.39, 0.29) is 6.42 Å². The summed E-state index contributed by atoms with van der Waals surface area (Å²) in [5.41, 5.74) is 0. The molecule has 0 aromatic rings. The van der Waals surface area contributed by atoms with Crippen LogP contribution in [-0.4, -0.2) is 25.3 Å². The summed E-state index contributed by atoms with van der Waals surface area (Å²) in [6.45, 7) is -0.459. The average molecular weight is 139 g/mol. The molecule has 0 saturated carbocycles. The van der Waals surface area contributed by atoms with Crippen molar-refractivity contribution in [1.29, 1.82) is 0 Å². The molecule has 0 atom stereocenters. The van der Waals surface area contributed by atoms with Crippen LogP contribution in [0.15, 0.2) is 0 Å². The highest BCUT2D eigenvalue weighted by Crippen LogP contribution is 1.85. The Labute approximate surface area is 47.9 Å². The van der Waals surface area contributed by atoms with Gasteiger partial charge in [-0.3, -0.25) is 4.55 Å². The van der Waals surface area contributed by atoms with E-state index >= 15 is 0 Å². The fourth-order valence-electron chi connectivity index (χ4n) is 0.241. The molecule has 4 nitrogen and oxygen atoms in total. The summed E-state index contributed by atoms with van der Waals surface area (Å²) >= 11 is 0. The standard InChI is InChI=1S/C3H7O4S/c4-2-1-3-8(5,6)7/h1-3H2,(H,5,6,7). The molecule has 5 heteroatoms. The highest BCUT2D eigenvalue weighted by Gasteiger charge is 2.01. The first-order valence-electron chi connectivity index (χ1n) is 2.09. The summed E-state index contributed by atoms with van der Waals surface area (Å²) in [5.74, 6) is -0.420. The normalized spacial score (nSPS) is 11.8. The molecule has 0 aliphatic carbocycles. The quantitative estimate of drug-likeness (QED) is 0.545. The van der Waals surface area contributed by atoms with Crippen LogP contribution in [0.3, 0.4) is 0 Å². The van der Waals surface area contributed by atoms with Gasteiger partial charge in [-0.25, -0.2) is 5.11 Å². The minimum absolute atomic E-state index is 0.0150. The molecule has 1 N–H and O–H groups in total. The van der Waals surface area contributed by atoms with E-state index in [1.165, 1.54) is 0 Å². The van der Waals surface area contributed by atoms with Gasteiger partial charge in [-0.2, -0.15) is 8.42 Å². The molecule has 0 heterocycles. The van der Waals surface area contributed by atoms with E-state index < -0.39 is 22.5 Å². The first kappa shape index (κ1) is 7.87. The van der Waals surface area contributed by atoms with Crippen LogP contribution >= 0.6 is 0 Å². The molecule has 1 radical (unpaired) electrons. The van der Waals surface area contributed by atoms with Crippen molar-refractivity contribution in [3.05, 3.63) is 0 Å². The van der Waals surface area contributed by atoms with E-state index in [0.29, 0.717) is 0 Å². The minimum Gasteiger partial charge on any atom is -0.286 e. The highest BCUT2D eigenvalue weighted by atomic mass is 32.2. The lowest BCUT2D eigenvalue weighted by Crippen LogP contribution is -2.04. The van der Waals surface area contributed by atoms with Gasteiger partial charge in [-0.05, 0) is 6.42 Å². The smallest absolute Gasteiger partial charge is 0.264 e. The first-order chi connectivity index (χ1) is 3.56. The van der Waals surface area contributed by atoms with Gasteiger partial charge in [0.25, 0.3) is 10.1 Å². The summed E-state index contributed by atoms with van der Waals surface area (Å²) in [6, 6.07) is 0. The summed E-state index contributed by atoms with van der Waals surface area (Å²) < 4.78 is 27.6. The zero-order valence-electron chi connectivity index (χ0n) is 4.20. The van der Waals surface area contributed by atoms with Crippen LogP contribution in [0.1, 0.15) is 6.42 Å². The number of rotatable bonds is 3. The van der Waals surface area contributed by atoms with Crippen LogP contribution in [0, 0.1) is 0 Å². The predicted molar refractivity (Wildman–Crippen MR) is 26.6 cm³/mol. The van der Waals surface area contributed by atoms with Gasteiger partial charge < -0.3 is 0 Å². The zero-order chi connectivity index (χ0) is 6.62. The molecular formula is C3H7O4S. The number of hydrogen-bond donors (Lipinski definition) is 1. The van der Waals surface area contributed by atoms with Gasteiger partial charge in [0.2, 0.25) is 0 Å². The Morgan fingerprint density at radius 3 is 2.00 bits per heavy atom. The van der Waals surface area contributed by atoms with Crippen molar-refractivity contribution < 1.29 is 18.1 Å². The predicted octanol–water partition coefficient (Wildman–Crippen LogP) is -0.305. The fourth-order valence-corrected chi connectivity index (χ4v) is 0.724. The van der Waals surface area contributed by atoms with E-state index in [0.717, 1.165) is 0 Å². The maximum atomic E-state index is 9.81. The molecule has 0 unspecified atom stereocenters. The van der Waals surface area contributed by atoms with Gasteiger partial charge in [0, 0.05) is 0 Å². The fraction of sp³-hybridized carbons (Fsp3) is 1.00. The highest BCUT2D eigenvalue weighted by molar-refractivity contribution is 7.85. The van der Waals surface area contributed by atoms with Crippen LogP contribution in [0.25, 0.3) is 0 Å². The molecule has 0 aliphatic heterocycles. The van der Waals surface area contributed by atoms with E-state index in [1.54, 1.807) is 0 Å². The van der Waals surface area contributed by atoms with E-state index in [4.69, 9.17) is 4.55 Å². The van der Waals surface area contributed by atoms with E-state index in [9.17, 15) is 13.5 Å². The molecule has 0 amide bonds. The largest absolute Gasteiger partial charge is 0.286 e. The molecule has 8 heavy (non-hydrogen) atoms. The molecular weight excluding hydrogens is 132 g/mol. The third-order valence-corrected chi connectivity index (χ3v) is 1.35. The Morgan fingerprint density at radius 2 is 1.88 bits per heavy atom. The van der Waals surface area contributed by atoms with Gasteiger partial charge in [-0.15, -0.1) is 0 Å². The Balaban J connectivity index is 3.42. The van der Waals surface area contributed by atoms with Gasteiger partial charge in [0.1, 0.15) is 0 Å². The van der Waals surface area contributed by atoms with Gasteiger partial charge in [0.15, 0.2) is 0 Å². The van der Waals surface area contributed by atoms with Crippen molar-refractivity contribution in [2.45, 2.75) is 6.42 Å². The maximum Gasteiger partial charge on any atom is 0.264 e. The molecule has 0 aliphatic rings. The van der Waals surface area contributed by atoms with Crippen molar-refractivity contribution in [3.63, 3.8) is 0 Å². The van der Waals surface area contributed by atoms with Crippen molar-refractivity contribution in [2.24, 2.45) is 0 Å². The Kier molecular flexibility index (Phi) is 2.96. The third-order valence-electron chi connectivity index (χ3n) is 0.547. The van der Waals surface area contributed by atoms with E-state index in [1.807, 2.05) is 0 Å². The molecule has 49 valence electrons. The summed E-state index contributed by atoms with van der Waals surface area (Å²) in [7, 11) is -3.89. The van der Waals surface area contributed by atoms with Crippen molar-refractivity contribution in [3.8, 4) is 0 Å². The molecule has 0 fully saturated rings. The molecule has 0 spiro atoms. The van der Waals surface area contributed by atoms with Crippen LogP contribution in [0.4, 0.5) is 0 Å². The van der Waals surface area contributed by atoms with Crippen LogP contribution < -0.4 is 0 Å². The minimum atomic E-state index is -3.89. The van der Waals surface area contributed by atoms with Crippen molar-refractivity contribution in [2.75, 3.05) is 12.4 Å². The SMILES string of the molecule is [O]CCCS(=O)(=O)O. The maximum absolute atomic E-state index is 9.81. The third kappa shape index (κ3) is 5.87. The second kappa shape index (κ2) is 3.01.